The second-order valence-electron chi connectivity index (χ2n) is 6.35. The Morgan fingerprint density at radius 3 is 2.93 bits per heavy atom. The third kappa shape index (κ3) is 3.33. The molecule has 3 aromatic rings. The van der Waals surface area contributed by atoms with Crippen LogP contribution < -0.4 is 10.3 Å². The molecule has 0 spiro atoms. The topological polar surface area (TPSA) is 75.2 Å². The molecule has 0 atom stereocenters. The van der Waals surface area contributed by atoms with Crippen molar-refractivity contribution in [2.24, 2.45) is 0 Å². The summed E-state index contributed by atoms with van der Waals surface area (Å²) in [5.74, 6) is 0.404. The number of halogens is 2. The van der Waals surface area contributed by atoms with E-state index in [-0.39, 0.29) is 27.1 Å². The molecule has 0 aliphatic heterocycles. The molecule has 8 heteroatoms. The predicted molar refractivity (Wildman–Crippen MR) is 110 cm³/mol. The van der Waals surface area contributed by atoms with Crippen LogP contribution in [0.1, 0.15) is 34.7 Å². The predicted octanol–water partition coefficient (Wildman–Crippen LogP) is 4.97. The molecule has 0 saturated carbocycles. The summed E-state index contributed by atoms with van der Waals surface area (Å²) in [6.07, 6.45) is 5.79. The third-order valence-electron chi connectivity index (χ3n) is 4.62. The Hall–Kier alpha value is -2.02. The molecule has 1 aliphatic rings. The fraction of sp³-hybridized carbons (Fsp3) is 0.263. The fourth-order valence-electron chi connectivity index (χ4n) is 3.32. The zero-order valence-electron chi connectivity index (χ0n) is 14.4. The van der Waals surface area contributed by atoms with Gasteiger partial charge in [-0.1, -0.05) is 23.2 Å². The Kier molecular flexibility index (Phi) is 4.88. The zero-order valence-corrected chi connectivity index (χ0v) is 16.8. The molecule has 0 radical (unpaired) electrons. The maximum atomic E-state index is 12.6. The van der Waals surface area contributed by atoms with Gasteiger partial charge < -0.3 is 14.8 Å². The number of methoxy groups -OCH3 is 1. The number of nitrogens with zero attached hydrogens (tertiary/aromatic N) is 1. The van der Waals surface area contributed by atoms with E-state index in [1.54, 1.807) is 29.5 Å². The highest BCUT2D eigenvalue weighted by molar-refractivity contribution is 7.18. The minimum atomic E-state index is -0.165. The van der Waals surface area contributed by atoms with Gasteiger partial charge in [-0.2, -0.15) is 0 Å². The number of aromatic amines is 1. The van der Waals surface area contributed by atoms with Crippen molar-refractivity contribution < 1.29 is 9.84 Å². The molecule has 2 heterocycles. The SMILES string of the molecule is COc1cc(/C=C(\Cl)c2nc3sc4c(c3c(=O)[nH]2)CCCC4)cc(Cl)c1O. The van der Waals surface area contributed by atoms with Crippen molar-refractivity contribution >= 4 is 55.9 Å². The largest absolute Gasteiger partial charge is 0.503 e. The van der Waals surface area contributed by atoms with Crippen molar-refractivity contribution in [3.05, 3.63) is 49.3 Å². The van der Waals surface area contributed by atoms with E-state index in [0.717, 1.165) is 31.2 Å². The van der Waals surface area contributed by atoms with Gasteiger partial charge in [0.25, 0.3) is 5.56 Å². The maximum absolute atomic E-state index is 12.6. The Labute approximate surface area is 169 Å². The molecule has 5 nitrogen and oxygen atoms in total. The summed E-state index contributed by atoms with van der Waals surface area (Å²) >= 11 is 14.0. The zero-order chi connectivity index (χ0) is 19.1. The number of hydrogen-bond donors (Lipinski definition) is 2. The van der Waals surface area contributed by atoms with Gasteiger partial charge in [-0.25, -0.2) is 4.98 Å². The van der Waals surface area contributed by atoms with Crippen LogP contribution in [0.25, 0.3) is 21.3 Å². The minimum Gasteiger partial charge on any atom is -0.503 e. The highest BCUT2D eigenvalue weighted by Crippen LogP contribution is 2.37. The van der Waals surface area contributed by atoms with Crippen LogP contribution >= 0.6 is 34.5 Å². The van der Waals surface area contributed by atoms with Gasteiger partial charge in [0.1, 0.15) is 4.83 Å². The summed E-state index contributed by atoms with van der Waals surface area (Å²) in [7, 11) is 1.44. The van der Waals surface area contributed by atoms with Gasteiger partial charge in [-0.15, -0.1) is 11.3 Å². The quantitative estimate of drug-likeness (QED) is 0.624. The first-order valence-corrected chi connectivity index (χ1v) is 10.0. The van der Waals surface area contributed by atoms with E-state index in [0.29, 0.717) is 21.6 Å². The molecule has 1 aromatic carbocycles. The van der Waals surface area contributed by atoms with Crippen LogP contribution in [0.15, 0.2) is 16.9 Å². The monoisotopic (exact) mass is 422 g/mol. The van der Waals surface area contributed by atoms with Gasteiger partial charge in [0, 0.05) is 4.88 Å². The number of aromatic nitrogens is 2. The lowest BCUT2D eigenvalue weighted by atomic mass is 9.97. The lowest BCUT2D eigenvalue weighted by Gasteiger charge is -2.09. The van der Waals surface area contributed by atoms with Crippen molar-refractivity contribution in [2.45, 2.75) is 25.7 Å². The van der Waals surface area contributed by atoms with E-state index in [2.05, 4.69) is 9.97 Å². The molecule has 1 aliphatic carbocycles. The van der Waals surface area contributed by atoms with E-state index in [1.165, 1.54) is 12.0 Å². The van der Waals surface area contributed by atoms with Gasteiger partial charge in [-0.3, -0.25) is 4.79 Å². The van der Waals surface area contributed by atoms with Crippen molar-refractivity contribution in [1.82, 2.24) is 9.97 Å². The van der Waals surface area contributed by atoms with Crippen LogP contribution in [0.2, 0.25) is 5.02 Å². The van der Waals surface area contributed by atoms with Gasteiger partial charge in [-0.05, 0) is 55.0 Å². The second kappa shape index (κ2) is 7.19. The number of rotatable bonds is 3. The summed E-state index contributed by atoms with van der Waals surface area (Å²) in [6.45, 7) is 0. The molecule has 0 saturated heterocycles. The van der Waals surface area contributed by atoms with Crippen LogP contribution in [0.5, 0.6) is 11.5 Å². The van der Waals surface area contributed by atoms with Crippen LogP contribution in [0.3, 0.4) is 0 Å². The van der Waals surface area contributed by atoms with E-state index in [1.807, 2.05) is 0 Å². The van der Waals surface area contributed by atoms with E-state index < -0.39 is 0 Å². The van der Waals surface area contributed by atoms with Gasteiger partial charge >= 0.3 is 0 Å². The smallest absolute Gasteiger partial charge is 0.260 e. The number of aryl methyl sites for hydroxylation is 2. The highest BCUT2D eigenvalue weighted by Gasteiger charge is 2.20. The number of thiophene rings is 1. The Bertz CT molecular complexity index is 1130. The number of aromatic hydroxyl groups is 1. The number of ether oxygens (including phenoxy) is 1. The number of benzene rings is 1. The number of nitrogens with one attached hydrogen (secondary N) is 1. The summed E-state index contributed by atoms with van der Waals surface area (Å²) in [6, 6.07) is 3.16. The summed E-state index contributed by atoms with van der Waals surface area (Å²) in [4.78, 5) is 22.0. The molecular formula is C19H16Cl2N2O3S. The van der Waals surface area contributed by atoms with E-state index in [9.17, 15) is 9.90 Å². The normalized spacial score (nSPS) is 14.4. The summed E-state index contributed by atoms with van der Waals surface area (Å²) < 4.78 is 5.10. The average Bonchev–Trinajstić information content (AvgIpc) is 3.03. The molecule has 0 bridgehead atoms. The second-order valence-corrected chi connectivity index (χ2v) is 8.25. The minimum absolute atomic E-state index is 0.135. The molecule has 0 unspecified atom stereocenters. The highest BCUT2D eigenvalue weighted by atomic mass is 35.5. The number of H-pyrrole nitrogens is 1. The fourth-order valence-corrected chi connectivity index (χ4v) is 5.02. The van der Waals surface area contributed by atoms with Crippen molar-refractivity contribution in [3.63, 3.8) is 0 Å². The van der Waals surface area contributed by atoms with E-state index >= 15 is 0 Å². The lowest BCUT2D eigenvalue weighted by Crippen LogP contribution is -2.12. The summed E-state index contributed by atoms with van der Waals surface area (Å²) in [5, 5.41) is 10.9. The Morgan fingerprint density at radius 1 is 1.37 bits per heavy atom. The molecule has 2 aromatic heterocycles. The van der Waals surface area contributed by atoms with Crippen LogP contribution in [0, 0.1) is 0 Å². The number of fused-ring (bicyclic) bond motifs is 3. The number of hydrogen-bond acceptors (Lipinski definition) is 5. The Balaban J connectivity index is 1.79. The van der Waals surface area contributed by atoms with Gasteiger partial charge in [0.2, 0.25) is 0 Å². The average molecular weight is 423 g/mol. The van der Waals surface area contributed by atoms with Gasteiger partial charge in [0.05, 0.1) is 22.6 Å². The number of phenols is 1. The molecule has 0 amide bonds. The third-order valence-corrected chi connectivity index (χ3v) is 6.38. The van der Waals surface area contributed by atoms with Crippen molar-refractivity contribution in [3.8, 4) is 11.5 Å². The standard InChI is InChI=1S/C19H16Cl2N2O3S/c1-26-13-8-9(6-11(20)16(13)24)7-12(21)17-22-18(25)15-10-4-2-3-5-14(10)27-19(15)23-17/h6-8,24H,2-5H2,1H3,(H,22,23,25)/b12-7-. The lowest BCUT2D eigenvalue weighted by molar-refractivity contribution is 0.373. The molecule has 0 fully saturated rings. The van der Waals surface area contributed by atoms with Crippen molar-refractivity contribution in [2.75, 3.05) is 7.11 Å². The first-order chi connectivity index (χ1) is 13.0. The van der Waals surface area contributed by atoms with Crippen LogP contribution in [-0.4, -0.2) is 22.2 Å². The van der Waals surface area contributed by atoms with Crippen LogP contribution in [0.4, 0.5) is 0 Å². The molecule has 2 N–H and O–H groups in total. The maximum Gasteiger partial charge on any atom is 0.260 e. The Morgan fingerprint density at radius 2 is 2.15 bits per heavy atom. The first kappa shape index (κ1) is 18.3. The molecule has 27 heavy (non-hydrogen) atoms. The van der Waals surface area contributed by atoms with Crippen LogP contribution in [-0.2, 0) is 12.8 Å². The molecule has 140 valence electrons. The number of phenolic OH excluding ortho intramolecular Hbond substituents is 1. The first-order valence-electron chi connectivity index (χ1n) is 8.46. The molecular weight excluding hydrogens is 407 g/mol. The van der Waals surface area contributed by atoms with Crippen molar-refractivity contribution in [1.29, 1.82) is 0 Å². The van der Waals surface area contributed by atoms with Gasteiger partial charge in [0.15, 0.2) is 17.3 Å². The summed E-state index contributed by atoms with van der Waals surface area (Å²) in [5.41, 5.74) is 1.59. The van der Waals surface area contributed by atoms with E-state index in [4.69, 9.17) is 27.9 Å². The molecule has 4 rings (SSSR count).